The molecule has 94 valence electrons. The number of thiophene rings is 1. The average Bonchev–Trinajstić information content (AvgIpc) is 2.64. The van der Waals surface area contributed by atoms with Gasteiger partial charge in [0.1, 0.15) is 4.88 Å². The molecule has 0 saturated heterocycles. The van der Waals surface area contributed by atoms with Gasteiger partial charge in [0.15, 0.2) is 0 Å². The fourth-order valence-corrected chi connectivity index (χ4v) is 2.99. The maximum Gasteiger partial charge on any atom is 0.337 e. The molecule has 0 unspecified atom stereocenters. The number of nitrogens with one attached hydrogen (secondary N) is 1. The smallest absolute Gasteiger partial charge is 0.337 e. The van der Waals surface area contributed by atoms with Gasteiger partial charge in [-0.2, -0.15) is 11.8 Å². The third-order valence-electron chi connectivity index (χ3n) is 2.06. The Bertz CT molecular complexity index is 426. The monoisotopic (exact) mass is 273 g/mol. The zero-order valence-electron chi connectivity index (χ0n) is 9.94. The van der Waals surface area contributed by atoms with Crippen molar-refractivity contribution in [1.82, 2.24) is 5.32 Å². The predicted octanol–water partition coefficient (Wildman–Crippen LogP) is 2.32. The van der Waals surface area contributed by atoms with Gasteiger partial charge in [0.2, 0.25) is 0 Å². The highest BCUT2D eigenvalue weighted by atomic mass is 32.2. The highest BCUT2D eigenvalue weighted by molar-refractivity contribution is 7.98. The normalized spacial score (nSPS) is 11.2. The molecule has 0 saturated carbocycles. The summed E-state index contributed by atoms with van der Waals surface area (Å²) >= 11 is 2.78. The largest absolute Gasteiger partial charge is 0.478 e. The minimum absolute atomic E-state index is 0.0625. The second-order valence-electron chi connectivity index (χ2n) is 4.24. The van der Waals surface area contributed by atoms with E-state index in [0.29, 0.717) is 0 Å². The zero-order valence-corrected chi connectivity index (χ0v) is 11.6. The van der Waals surface area contributed by atoms with Crippen molar-refractivity contribution in [3.8, 4) is 0 Å². The van der Waals surface area contributed by atoms with Crippen LogP contribution in [-0.4, -0.2) is 34.5 Å². The van der Waals surface area contributed by atoms with Crippen molar-refractivity contribution < 1.29 is 14.7 Å². The highest BCUT2D eigenvalue weighted by Crippen LogP contribution is 2.18. The average molecular weight is 273 g/mol. The van der Waals surface area contributed by atoms with Crippen LogP contribution >= 0.6 is 23.1 Å². The molecule has 1 aromatic rings. The van der Waals surface area contributed by atoms with Gasteiger partial charge in [-0.25, -0.2) is 4.79 Å². The summed E-state index contributed by atoms with van der Waals surface area (Å²) in [4.78, 5) is 23.1. The Hall–Kier alpha value is -1.01. The fraction of sp³-hybridized carbons (Fsp3) is 0.455. The van der Waals surface area contributed by atoms with Crippen molar-refractivity contribution in [3.63, 3.8) is 0 Å². The van der Waals surface area contributed by atoms with Crippen molar-refractivity contribution >= 4 is 35.0 Å². The van der Waals surface area contributed by atoms with Crippen LogP contribution in [0, 0.1) is 0 Å². The Morgan fingerprint density at radius 3 is 2.71 bits per heavy atom. The number of thioether (sulfide) groups is 1. The van der Waals surface area contributed by atoms with Gasteiger partial charge in [-0.1, -0.05) is 0 Å². The van der Waals surface area contributed by atoms with Crippen LogP contribution < -0.4 is 5.32 Å². The van der Waals surface area contributed by atoms with Crippen LogP contribution in [0.3, 0.4) is 0 Å². The number of carboxylic acids is 1. The molecule has 0 fully saturated rings. The molecule has 1 amide bonds. The van der Waals surface area contributed by atoms with Crippen LogP contribution in [0.4, 0.5) is 0 Å². The minimum atomic E-state index is -1.07. The molecule has 0 radical (unpaired) electrons. The number of carbonyl (C=O) groups excluding carboxylic acids is 1. The van der Waals surface area contributed by atoms with Gasteiger partial charge in [-0.05, 0) is 31.5 Å². The lowest BCUT2D eigenvalue weighted by molar-refractivity contribution is 0.0691. The van der Waals surface area contributed by atoms with E-state index < -0.39 is 5.97 Å². The first-order valence-electron chi connectivity index (χ1n) is 4.99. The van der Waals surface area contributed by atoms with Gasteiger partial charge in [-0.3, -0.25) is 4.79 Å². The minimum Gasteiger partial charge on any atom is -0.478 e. The van der Waals surface area contributed by atoms with Gasteiger partial charge in [0.05, 0.1) is 5.56 Å². The van der Waals surface area contributed by atoms with Crippen molar-refractivity contribution in [2.75, 3.05) is 12.0 Å². The summed E-state index contributed by atoms with van der Waals surface area (Å²) in [5.41, 5.74) is -0.288. The lowest BCUT2D eigenvalue weighted by Gasteiger charge is -2.25. The Kier molecular flexibility index (Phi) is 4.59. The number of carboxylic acid groups (broad SMARTS) is 1. The standard InChI is InChI=1S/C11H15NO3S2/c1-11(2,6-16-3)12-9(13)8-7(10(14)15)4-5-17-8/h4-5H,6H2,1-3H3,(H,12,13)(H,14,15). The SMILES string of the molecule is CSCC(C)(C)NC(=O)c1sccc1C(=O)O. The van der Waals surface area contributed by atoms with Crippen LogP contribution in [0.2, 0.25) is 0 Å². The number of hydrogen-bond donors (Lipinski definition) is 2. The maximum absolute atomic E-state index is 11.9. The zero-order chi connectivity index (χ0) is 13.1. The first-order valence-corrected chi connectivity index (χ1v) is 7.27. The van der Waals surface area contributed by atoms with E-state index in [1.165, 1.54) is 6.07 Å². The summed E-state index contributed by atoms with van der Waals surface area (Å²) in [5.74, 6) is -0.623. The first-order chi connectivity index (χ1) is 7.87. The molecule has 6 heteroatoms. The van der Waals surface area contributed by atoms with E-state index >= 15 is 0 Å². The lowest BCUT2D eigenvalue weighted by Crippen LogP contribution is -2.45. The van der Waals surface area contributed by atoms with Crippen molar-refractivity contribution in [1.29, 1.82) is 0 Å². The molecule has 0 aliphatic carbocycles. The van der Waals surface area contributed by atoms with Crippen LogP contribution in [0.25, 0.3) is 0 Å². The molecule has 1 aromatic heterocycles. The number of aromatic carboxylic acids is 1. The second-order valence-corrected chi connectivity index (χ2v) is 6.02. The molecule has 2 N–H and O–H groups in total. The van der Waals surface area contributed by atoms with E-state index in [1.807, 2.05) is 20.1 Å². The van der Waals surface area contributed by atoms with Gasteiger partial charge >= 0.3 is 5.97 Å². The van der Waals surface area contributed by atoms with Crippen molar-refractivity contribution in [3.05, 3.63) is 21.9 Å². The predicted molar refractivity (Wildman–Crippen MR) is 71.2 cm³/mol. The third-order valence-corrected chi connectivity index (χ3v) is 3.98. The van der Waals surface area contributed by atoms with Crippen LogP contribution in [0.15, 0.2) is 11.4 Å². The molecule has 0 aromatic carbocycles. The van der Waals surface area contributed by atoms with Gasteiger partial charge in [0.25, 0.3) is 5.91 Å². The molecular weight excluding hydrogens is 258 g/mol. The molecule has 4 nitrogen and oxygen atoms in total. The quantitative estimate of drug-likeness (QED) is 0.864. The molecule has 1 heterocycles. The van der Waals surface area contributed by atoms with Gasteiger partial charge in [-0.15, -0.1) is 11.3 Å². The molecule has 0 aliphatic rings. The maximum atomic E-state index is 11.9. The molecule has 0 atom stereocenters. The number of rotatable bonds is 5. The van der Waals surface area contributed by atoms with Crippen LogP contribution in [-0.2, 0) is 0 Å². The Morgan fingerprint density at radius 2 is 2.18 bits per heavy atom. The summed E-state index contributed by atoms with van der Waals surface area (Å²) in [6, 6.07) is 1.45. The van der Waals surface area contributed by atoms with Crippen LogP contribution in [0.5, 0.6) is 0 Å². The van der Waals surface area contributed by atoms with E-state index in [-0.39, 0.29) is 21.9 Å². The number of amides is 1. The van der Waals surface area contributed by atoms with Gasteiger partial charge < -0.3 is 10.4 Å². The Labute approximate surface area is 108 Å². The van der Waals surface area contributed by atoms with Crippen molar-refractivity contribution in [2.24, 2.45) is 0 Å². The molecular formula is C11H15NO3S2. The van der Waals surface area contributed by atoms with Crippen molar-refractivity contribution in [2.45, 2.75) is 19.4 Å². The highest BCUT2D eigenvalue weighted by Gasteiger charge is 2.24. The lowest BCUT2D eigenvalue weighted by atomic mass is 10.1. The summed E-state index contributed by atoms with van der Waals surface area (Å²) in [6.45, 7) is 3.82. The summed E-state index contributed by atoms with van der Waals surface area (Å²) in [6.07, 6.45) is 1.96. The summed E-state index contributed by atoms with van der Waals surface area (Å²) in [5, 5.41) is 13.4. The van der Waals surface area contributed by atoms with Gasteiger partial charge in [0, 0.05) is 11.3 Å². The van der Waals surface area contributed by atoms with E-state index in [2.05, 4.69) is 5.32 Å². The first kappa shape index (κ1) is 14.1. The Balaban J connectivity index is 2.83. The Morgan fingerprint density at radius 1 is 1.53 bits per heavy atom. The van der Waals surface area contributed by atoms with E-state index in [1.54, 1.807) is 17.1 Å². The summed E-state index contributed by atoms with van der Waals surface area (Å²) in [7, 11) is 0. The van der Waals surface area contributed by atoms with Crippen LogP contribution in [0.1, 0.15) is 33.9 Å². The number of carbonyl (C=O) groups is 2. The number of hydrogen-bond acceptors (Lipinski definition) is 4. The van der Waals surface area contributed by atoms with E-state index in [4.69, 9.17) is 5.11 Å². The molecule has 17 heavy (non-hydrogen) atoms. The molecule has 1 rings (SSSR count). The summed E-state index contributed by atoms with van der Waals surface area (Å²) < 4.78 is 0. The molecule has 0 spiro atoms. The third kappa shape index (κ3) is 3.74. The van der Waals surface area contributed by atoms with E-state index in [0.717, 1.165) is 17.1 Å². The molecule has 0 aliphatic heterocycles. The van der Waals surface area contributed by atoms with E-state index in [9.17, 15) is 9.59 Å². The molecule has 0 bridgehead atoms. The second kappa shape index (κ2) is 5.55. The topological polar surface area (TPSA) is 66.4 Å². The fourth-order valence-electron chi connectivity index (χ4n) is 1.41.